The minimum Gasteiger partial charge on any atom is -0.504 e. The quantitative estimate of drug-likeness (QED) is 0.392. The third-order valence-electron chi connectivity index (χ3n) is 3.12. The van der Waals surface area contributed by atoms with Crippen molar-refractivity contribution in [2.24, 2.45) is 5.10 Å². The smallest absolute Gasteiger partial charge is 0.271 e. The third-order valence-corrected chi connectivity index (χ3v) is 3.35. The Bertz CT molecular complexity index is 751. The lowest BCUT2D eigenvalue weighted by atomic mass is 10.1. The van der Waals surface area contributed by atoms with E-state index in [4.69, 9.17) is 11.6 Å². The topological polar surface area (TPSA) is 102 Å². The van der Waals surface area contributed by atoms with Gasteiger partial charge >= 0.3 is 0 Å². The summed E-state index contributed by atoms with van der Waals surface area (Å²) in [6.07, 6.45) is 0.562. The molecule has 0 unspecified atom stereocenters. The third kappa shape index (κ3) is 3.92. The summed E-state index contributed by atoms with van der Waals surface area (Å²) in [5.41, 5.74) is 3.70. The zero-order chi connectivity index (χ0) is 17.0. The van der Waals surface area contributed by atoms with Crippen LogP contribution in [0, 0.1) is 0 Å². The first kappa shape index (κ1) is 16.6. The molecule has 1 amide bonds. The van der Waals surface area contributed by atoms with E-state index < -0.39 is 23.2 Å². The number of hydrogen-bond donors (Lipinski definition) is 4. The average molecular weight is 335 g/mol. The van der Waals surface area contributed by atoms with Crippen molar-refractivity contribution in [3.05, 3.63) is 52.5 Å². The number of benzene rings is 2. The van der Waals surface area contributed by atoms with Crippen LogP contribution in [0.2, 0.25) is 5.02 Å². The summed E-state index contributed by atoms with van der Waals surface area (Å²) in [6.45, 7) is 1.88. The molecule has 0 radical (unpaired) electrons. The Labute approximate surface area is 137 Å². The second kappa shape index (κ2) is 7.02. The molecule has 7 heteroatoms. The number of carbonyl (C=O) groups excluding carboxylic acids is 1. The number of halogens is 1. The Morgan fingerprint density at radius 2 is 1.78 bits per heavy atom. The zero-order valence-electron chi connectivity index (χ0n) is 12.2. The second-order valence-electron chi connectivity index (χ2n) is 4.73. The van der Waals surface area contributed by atoms with E-state index in [1.54, 1.807) is 18.2 Å². The lowest BCUT2D eigenvalue weighted by Gasteiger charge is -2.07. The van der Waals surface area contributed by atoms with Gasteiger partial charge in [0.1, 0.15) is 0 Å². The van der Waals surface area contributed by atoms with Crippen LogP contribution >= 0.6 is 11.6 Å². The van der Waals surface area contributed by atoms with Gasteiger partial charge < -0.3 is 15.3 Å². The molecule has 4 N–H and O–H groups in total. The van der Waals surface area contributed by atoms with Gasteiger partial charge in [0.25, 0.3) is 5.91 Å². The van der Waals surface area contributed by atoms with Crippen molar-refractivity contribution in [2.45, 2.75) is 13.3 Å². The van der Waals surface area contributed by atoms with Gasteiger partial charge in [0.15, 0.2) is 17.2 Å². The molecule has 0 aliphatic rings. The van der Waals surface area contributed by atoms with Crippen LogP contribution in [0.15, 0.2) is 41.5 Å². The minimum absolute atomic E-state index is 0.0388. The van der Waals surface area contributed by atoms with Gasteiger partial charge in [-0.2, -0.15) is 5.10 Å². The van der Waals surface area contributed by atoms with Crippen molar-refractivity contribution in [3.8, 4) is 17.2 Å². The fourth-order valence-electron chi connectivity index (χ4n) is 1.93. The molecule has 0 saturated heterocycles. The van der Waals surface area contributed by atoms with Crippen LogP contribution in [0.3, 0.4) is 0 Å². The number of carbonyl (C=O) groups is 1. The molecule has 0 heterocycles. The highest BCUT2D eigenvalue weighted by Crippen LogP contribution is 2.35. The van der Waals surface area contributed by atoms with Crippen molar-refractivity contribution >= 4 is 23.2 Å². The molecule has 2 rings (SSSR count). The molecular formula is C16H15ClN2O4. The molecule has 0 aliphatic carbocycles. The minimum atomic E-state index is -0.682. The van der Waals surface area contributed by atoms with Gasteiger partial charge in [-0.25, -0.2) is 5.43 Å². The van der Waals surface area contributed by atoms with Crippen LogP contribution in [-0.2, 0) is 0 Å². The molecule has 23 heavy (non-hydrogen) atoms. The summed E-state index contributed by atoms with van der Waals surface area (Å²) in [6, 6.07) is 9.13. The van der Waals surface area contributed by atoms with E-state index in [0.717, 1.165) is 17.7 Å². The lowest BCUT2D eigenvalue weighted by molar-refractivity contribution is 0.0954. The van der Waals surface area contributed by atoms with E-state index in [1.807, 2.05) is 13.0 Å². The molecule has 2 aromatic carbocycles. The van der Waals surface area contributed by atoms with Crippen LogP contribution in [0.1, 0.15) is 29.3 Å². The molecule has 0 aliphatic heterocycles. The van der Waals surface area contributed by atoms with Gasteiger partial charge in [-0.1, -0.05) is 30.7 Å². The van der Waals surface area contributed by atoms with Gasteiger partial charge in [0.05, 0.1) is 5.71 Å². The summed E-state index contributed by atoms with van der Waals surface area (Å²) < 4.78 is 0. The monoisotopic (exact) mass is 334 g/mol. The Morgan fingerprint density at radius 1 is 1.13 bits per heavy atom. The number of rotatable bonds is 4. The number of hydrazone groups is 1. The molecule has 0 saturated carbocycles. The van der Waals surface area contributed by atoms with Crippen molar-refractivity contribution < 1.29 is 20.1 Å². The van der Waals surface area contributed by atoms with E-state index in [2.05, 4.69) is 10.5 Å². The highest BCUT2D eigenvalue weighted by Gasteiger charge is 2.13. The van der Waals surface area contributed by atoms with Crippen LogP contribution in [0.25, 0.3) is 0 Å². The van der Waals surface area contributed by atoms with Crippen molar-refractivity contribution in [1.82, 2.24) is 5.43 Å². The molecule has 0 bridgehead atoms. The molecular weight excluding hydrogens is 320 g/mol. The van der Waals surface area contributed by atoms with Gasteiger partial charge in [-0.05, 0) is 36.2 Å². The summed E-state index contributed by atoms with van der Waals surface area (Å²) in [4.78, 5) is 12.0. The average Bonchev–Trinajstić information content (AvgIpc) is 2.52. The highest BCUT2D eigenvalue weighted by molar-refractivity contribution is 6.31. The number of phenols is 3. The van der Waals surface area contributed by atoms with E-state index in [-0.39, 0.29) is 5.56 Å². The maximum absolute atomic E-state index is 12.0. The SMILES string of the molecule is CC/C(=N\NC(=O)c1cc(O)c(O)c(O)c1)c1cccc(Cl)c1. The highest BCUT2D eigenvalue weighted by atomic mass is 35.5. The van der Waals surface area contributed by atoms with E-state index in [1.165, 1.54) is 0 Å². The molecule has 2 aromatic rings. The number of phenolic OH excluding ortho intramolecular Hbond substituents is 3. The predicted octanol–water partition coefficient (Wildman–Crippen LogP) is 3.00. The molecule has 0 spiro atoms. The second-order valence-corrected chi connectivity index (χ2v) is 5.16. The molecule has 120 valence electrons. The normalized spacial score (nSPS) is 11.3. The van der Waals surface area contributed by atoms with E-state index in [9.17, 15) is 20.1 Å². The number of amides is 1. The van der Waals surface area contributed by atoms with Crippen LogP contribution in [0.5, 0.6) is 17.2 Å². The first-order chi connectivity index (χ1) is 10.9. The summed E-state index contributed by atoms with van der Waals surface area (Å²) in [5, 5.41) is 32.7. The van der Waals surface area contributed by atoms with Crippen molar-refractivity contribution in [1.29, 1.82) is 0 Å². The van der Waals surface area contributed by atoms with Crippen LogP contribution in [-0.4, -0.2) is 26.9 Å². The Balaban J connectivity index is 2.22. The van der Waals surface area contributed by atoms with Crippen molar-refractivity contribution in [3.63, 3.8) is 0 Å². The number of aromatic hydroxyl groups is 3. The van der Waals surface area contributed by atoms with Crippen LogP contribution in [0.4, 0.5) is 0 Å². The first-order valence-electron chi connectivity index (χ1n) is 6.80. The van der Waals surface area contributed by atoms with E-state index in [0.29, 0.717) is 17.2 Å². The van der Waals surface area contributed by atoms with Crippen molar-refractivity contribution in [2.75, 3.05) is 0 Å². The lowest BCUT2D eigenvalue weighted by Crippen LogP contribution is -2.20. The fourth-order valence-corrected chi connectivity index (χ4v) is 2.12. The Hall–Kier alpha value is -2.73. The number of nitrogens with one attached hydrogen (secondary N) is 1. The van der Waals surface area contributed by atoms with Gasteiger partial charge in [-0.15, -0.1) is 0 Å². The summed E-state index contributed by atoms with van der Waals surface area (Å²) in [7, 11) is 0. The molecule has 6 nitrogen and oxygen atoms in total. The fraction of sp³-hybridized carbons (Fsp3) is 0.125. The number of nitrogens with zero attached hydrogens (tertiary/aromatic N) is 1. The molecule has 0 atom stereocenters. The van der Waals surface area contributed by atoms with Crippen LogP contribution < -0.4 is 5.43 Å². The van der Waals surface area contributed by atoms with Gasteiger partial charge in [-0.3, -0.25) is 4.79 Å². The van der Waals surface area contributed by atoms with E-state index >= 15 is 0 Å². The largest absolute Gasteiger partial charge is 0.504 e. The summed E-state index contributed by atoms with van der Waals surface area (Å²) >= 11 is 5.93. The maximum atomic E-state index is 12.0. The zero-order valence-corrected chi connectivity index (χ0v) is 13.0. The number of hydrogen-bond acceptors (Lipinski definition) is 5. The molecule has 0 fully saturated rings. The van der Waals surface area contributed by atoms with Gasteiger partial charge in [0, 0.05) is 10.6 Å². The maximum Gasteiger partial charge on any atom is 0.271 e. The Kier molecular flexibility index (Phi) is 5.08. The standard InChI is InChI=1S/C16H15ClN2O4/c1-2-12(9-4-3-5-11(17)6-9)18-19-16(23)10-7-13(20)15(22)14(21)8-10/h3-8,20-22H,2H2,1H3,(H,19,23)/b18-12+. The summed E-state index contributed by atoms with van der Waals surface area (Å²) in [5.74, 6) is -2.50. The predicted molar refractivity (Wildman–Crippen MR) is 87.2 cm³/mol. The van der Waals surface area contributed by atoms with Gasteiger partial charge in [0.2, 0.25) is 0 Å². The molecule has 0 aromatic heterocycles. The Morgan fingerprint density at radius 3 is 2.35 bits per heavy atom. The first-order valence-corrected chi connectivity index (χ1v) is 7.18.